The second kappa shape index (κ2) is 6.33. The first-order valence-corrected chi connectivity index (χ1v) is 6.92. The number of rotatable bonds is 6. The Kier molecular flexibility index (Phi) is 4.73. The van der Waals surface area contributed by atoms with E-state index in [9.17, 15) is 9.50 Å². The molecule has 2 atom stereocenters. The lowest BCUT2D eigenvalue weighted by Crippen LogP contribution is -2.35. The van der Waals surface area contributed by atoms with E-state index in [1.807, 2.05) is 6.92 Å². The molecule has 0 aliphatic rings. The minimum atomic E-state index is -1.70. The summed E-state index contributed by atoms with van der Waals surface area (Å²) in [6, 6.07) is 6.56. The van der Waals surface area contributed by atoms with Crippen molar-refractivity contribution in [2.24, 2.45) is 0 Å². The Morgan fingerprint density at radius 3 is 2.65 bits per heavy atom. The molecule has 6 heteroatoms. The predicted molar refractivity (Wildman–Crippen MR) is 75.0 cm³/mol. The van der Waals surface area contributed by atoms with Gasteiger partial charge in [-0.05, 0) is 24.1 Å². The van der Waals surface area contributed by atoms with E-state index in [0.717, 1.165) is 11.1 Å². The van der Waals surface area contributed by atoms with Gasteiger partial charge in [-0.1, -0.05) is 43.5 Å². The molecule has 1 aromatic carbocycles. The number of hydrogen-bond acceptors (Lipinski definition) is 3. The van der Waals surface area contributed by atoms with Crippen molar-refractivity contribution in [1.29, 1.82) is 0 Å². The Balaban J connectivity index is 2.36. The third-order valence-electron chi connectivity index (χ3n) is 3.32. The van der Waals surface area contributed by atoms with Crippen LogP contribution in [-0.4, -0.2) is 19.9 Å². The molecule has 1 N–H and O–H groups in total. The summed E-state index contributed by atoms with van der Waals surface area (Å²) in [5, 5.41) is 15.2. The van der Waals surface area contributed by atoms with Crippen molar-refractivity contribution < 1.29 is 9.50 Å². The Labute approximate surface area is 122 Å². The smallest absolute Gasteiger partial charge is 0.225 e. The van der Waals surface area contributed by atoms with E-state index >= 15 is 0 Å². The van der Waals surface area contributed by atoms with Gasteiger partial charge in [-0.15, -0.1) is 0 Å². The van der Waals surface area contributed by atoms with Crippen LogP contribution < -0.4 is 0 Å². The molecule has 0 aliphatic heterocycles. The van der Waals surface area contributed by atoms with Crippen molar-refractivity contribution in [1.82, 2.24) is 14.8 Å². The van der Waals surface area contributed by atoms with Crippen LogP contribution in [0.4, 0.5) is 4.39 Å². The van der Waals surface area contributed by atoms with Crippen LogP contribution in [0.25, 0.3) is 0 Å². The SMILES string of the molecule is CCCCC(O)(c1ccc(Cl)cc1)C(F)n1cncn1. The fourth-order valence-electron chi connectivity index (χ4n) is 2.14. The minimum Gasteiger partial charge on any atom is -0.380 e. The average molecular weight is 298 g/mol. The molecule has 0 bridgehead atoms. The second-order valence-corrected chi connectivity index (χ2v) is 5.18. The summed E-state index contributed by atoms with van der Waals surface area (Å²) < 4.78 is 15.7. The molecule has 1 aromatic heterocycles. The summed E-state index contributed by atoms with van der Waals surface area (Å²) in [6.07, 6.45) is 2.67. The van der Waals surface area contributed by atoms with Crippen LogP contribution in [0.15, 0.2) is 36.9 Å². The number of alkyl halides is 1. The van der Waals surface area contributed by atoms with E-state index in [-0.39, 0.29) is 0 Å². The molecule has 2 aromatic rings. The first-order chi connectivity index (χ1) is 9.58. The topological polar surface area (TPSA) is 50.9 Å². The molecule has 0 saturated carbocycles. The number of aromatic nitrogens is 3. The molecule has 108 valence electrons. The van der Waals surface area contributed by atoms with E-state index in [1.54, 1.807) is 24.3 Å². The first-order valence-electron chi connectivity index (χ1n) is 6.54. The molecule has 20 heavy (non-hydrogen) atoms. The molecule has 2 unspecified atom stereocenters. The van der Waals surface area contributed by atoms with Crippen molar-refractivity contribution in [2.45, 2.75) is 38.1 Å². The van der Waals surface area contributed by atoms with Gasteiger partial charge in [0, 0.05) is 5.02 Å². The minimum absolute atomic E-state index is 0.298. The Morgan fingerprint density at radius 2 is 2.10 bits per heavy atom. The maximum absolute atomic E-state index is 14.7. The maximum atomic E-state index is 14.7. The molecule has 1 heterocycles. The van der Waals surface area contributed by atoms with Gasteiger partial charge in [-0.25, -0.2) is 14.1 Å². The molecule has 0 saturated heterocycles. The highest BCUT2D eigenvalue weighted by molar-refractivity contribution is 6.30. The molecule has 0 fully saturated rings. The summed E-state index contributed by atoms with van der Waals surface area (Å²) in [5.74, 6) is 0. The Bertz CT molecular complexity index is 532. The molecule has 4 nitrogen and oxygen atoms in total. The average Bonchev–Trinajstić information content (AvgIpc) is 2.98. The highest BCUT2D eigenvalue weighted by Gasteiger charge is 2.40. The Hall–Kier alpha value is -1.46. The number of aliphatic hydroxyl groups is 1. The van der Waals surface area contributed by atoms with Crippen molar-refractivity contribution in [3.05, 3.63) is 47.5 Å². The van der Waals surface area contributed by atoms with Gasteiger partial charge in [0.15, 0.2) is 0 Å². The molecule has 0 spiro atoms. The highest BCUT2D eigenvalue weighted by Crippen LogP contribution is 2.38. The number of unbranched alkanes of at least 4 members (excludes halogenated alkanes) is 1. The van der Waals surface area contributed by atoms with Crippen LogP contribution in [0.3, 0.4) is 0 Å². The molecule has 0 amide bonds. The summed E-state index contributed by atoms with van der Waals surface area (Å²) in [6.45, 7) is 1.99. The van der Waals surface area contributed by atoms with Gasteiger partial charge in [-0.3, -0.25) is 0 Å². The predicted octanol–water partition coefficient (Wildman–Crippen LogP) is 3.48. The van der Waals surface area contributed by atoms with Crippen LogP contribution >= 0.6 is 11.6 Å². The fraction of sp³-hybridized carbons (Fsp3) is 0.429. The first kappa shape index (κ1) is 14.9. The number of halogens is 2. The van der Waals surface area contributed by atoms with Gasteiger partial charge in [0.05, 0.1) is 0 Å². The zero-order chi connectivity index (χ0) is 14.6. The van der Waals surface area contributed by atoms with Gasteiger partial charge in [-0.2, -0.15) is 5.10 Å². The van der Waals surface area contributed by atoms with Crippen molar-refractivity contribution in [3.63, 3.8) is 0 Å². The molecular formula is C14H17ClFN3O. The summed E-state index contributed by atoms with van der Waals surface area (Å²) >= 11 is 5.84. The van der Waals surface area contributed by atoms with E-state index in [0.29, 0.717) is 23.4 Å². The molecular weight excluding hydrogens is 281 g/mol. The van der Waals surface area contributed by atoms with Gasteiger partial charge >= 0.3 is 0 Å². The summed E-state index contributed by atoms with van der Waals surface area (Å²) in [7, 11) is 0. The maximum Gasteiger partial charge on any atom is 0.225 e. The lowest BCUT2D eigenvalue weighted by Gasteiger charge is -2.31. The van der Waals surface area contributed by atoms with E-state index < -0.39 is 11.9 Å². The normalized spacial score (nSPS) is 15.8. The van der Waals surface area contributed by atoms with Gasteiger partial charge < -0.3 is 5.11 Å². The quantitative estimate of drug-likeness (QED) is 0.888. The van der Waals surface area contributed by atoms with Gasteiger partial charge in [0.1, 0.15) is 18.3 Å². The van der Waals surface area contributed by atoms with Crippen molar-refractivity contribution in [3.8, 4) is 0 Å². The van der Waals surface area contributed by atoms with E-state index in [4.69, 9.17) is 11.6 Å². The highest BCUT2D eigenvalue weighted by atomic mass is 35.5. The Morgan fingerprint density at radius 1 is 1.40 bits per heavy atom. The second-order valence-electron chi connectivity index (χ2n) is 4.75. The molecule has 2 rings (SSSR count). The van der Waals surface area contributed by atoms with Crippen LogP contribution in [0, 0.1) is 0 Å². The van der Waals surface area contributed by atoms with E-state index in [2.05, 4.69) is 10.1 Å². The zero-order valence-corrected chi connectivity index (χ0v) is 12.0. The monoisotopic (exact) mass is 297 g/mol. The third kappa shape index (κ3) is 2.99. The summed E-state index contributed by atoms with van der Waals surface area (Å²) in [5.41, 5.74) is -1.16. The fourth-order valence-corrected chi connectivity index (χ4v) is 2.26. The van der Waals surface area contributed by atoms with E-state index in [1.165, 1.54) is 12.7 Å². The van der Waals surface area contributed by atoms with Gasteiger partial charge in [0.25, 0.3) is 0 Å². The third-order valence-corrected chi connectivity index (χ3v) is 3.57. The number of benzene rings is 1. The van der Waals surface area contributed by atoms with Gasteiger partial charge in [0.2, 0.25) is 6.30 Å². The number of hydrogen-bond donors (Lipinski definition) is 1. The van der Waals surface area contributed by atoms with Crippen molar-refractivity contribution >= 4 is 11.6 Å². The zero-order valence-electron chi connectivity index (χ0n) is 11.2. The van der Waals surface area contributed by atoms with Crippen LogP contribution in [0.5, 0.6) is 0 Å². The summed E-state index contributed by atoms with van der Waals surface area (Å²) in [4.78, 5) is 3.72. The lowest BCUT2D eigenvalue weighted by atomic mass is 9.87. The molecule has 0 radical (unpaired) electrons. The lowest BCUT2D eigenvalue weighted by molar-refractivity contribution is -0.0885. The largest absolute Gasteiger partial charge is 0.380 e. The standard InChI is InChI=1S/C14H17ClFN3O/c1-2-3-8-14(20,11-4-6-12(15)7-5-11)13(16)19-10-17-9-18-19/h4-7,9-10,13,20H,2-3,8H2,1H3. The molecule has 0 aliphatic carbocycles. The number of nitrogens with zero attached hydrogens (tertiary/aromatic N) is 3. The van der Waals surface area contributed by atoms with Crippen LogP contribution in [0.1, 0.15) is 38.0 Å². The van der Waals surface area contributed by atoms with Crippen LogP contribution in [-0.2, 0) is 5.60 Å². The van der Waals surface area contributed by atoms with Crippen molar-refractivity contribution in [2.75, 3.05) is 0 Å². The van der Waals surface area contributed by atoms with Crippen LogP contribution in [0.2, 0.25) is 5.02 Å².